The van der Waals surface area contributed by atoms with Gasteiger partial charge in [-0.15, -0.1) is 11.8 Å². The quantitative estimate of drug-likeness (QED) is 0.861. The fraction of sp³-hybridized carbons (Fsp3) is 0.235. The Morgan fingerprint density at radius 2 is 1.62 bits per heavy atom. The summed E-state index contributed by atoms with van der Waals surface area (Å²) in [5.41, 5.74) is 2.02. The third-order valence-electron chi connectivity index (χ3n) is 3.30. The molecule has 4 heteroatoms. The number of phenolic OH excluding ortho intramolecular Hbond substituents is 1. The van der Waals surface area contributed by atoms with Crippen molar-refractivity contribution in [2.45, 2.75) is 17.9 Å². The van der Waals surface area contributed by atoms with Gasteiger partial charge in [-0.2, -0.15) is 0 Å². The zero-order valence-electron chi connectivity index (χ0n) is 12.2. The van der Waals surface area contributed by atoms with Crippen LogP contribution < -0.4 is 0 Å². The molecule has 0 bridgehead atoms. The fourth-order valence-corrected chi connectivity index (χ4v) is 2.42. The number of benzene rings is 2. The predicted octanol–water partition coefficient (Wildman–Crippen LogP) is 3.32. The molecule has 0 unspecified atom stereocenters. The Bertz CT molecular complexity index is 593. The molecule has 0 radical (unpaired) electrons. The van der Waals surface area contributed by atoms with E-state index < -0.39 is 0 Å². The fourth-order valence-electron chi connectivity index (χ4n) is 2.02. The molecule has 0 saturated carbocycles. The van der Waals surface area contributed by atoms with Gasteiger partial charge in [0.05, 0.1) is 6.42 Å². The first-order valence-electron chi connectivity index (χ1n) is 6.73. The van der Waals surface area contributed by atoms with E-state index in [1.54, 1.807) is 40.9 Å². The third-order valence-corrected chi connectivity index (χ3v) is 4.04. The Morgan fingerprint density at radius 1 is 1.05 bits per heavy atom. The first-order chi connectivity index (χ1) is 10.1. The van der Waals surface area contributed by atoms with Crippen LogP contribution in [0.25, 0.3) is 0 Å². The number of rotatable bonds is 5. The molecule has 0 aliphatic carbocycles. The average Bonchev–Trinajstić information content (AvgIpc) is 2.50. The van der Waals surface area contributed by atoms with Crippen molar-refractivity contribution in [2.24, 2.45) is 0 Å². The molecule has 0 aliphatic heterocycles. The van der Waals surface area contributed by atoms with Crippen LogP contribution in [0.5, 0.6) is 5.75 Å². The van der Waals surface area contributed by atoms with Gasteiger partial charge in [0.25, 0.3) is 0 Å². The van der Waals surface area contributed by atoms with Crippen molar-refractivity contribution in [3.05, 3.63) is 59.7 Å². The van der Waals surface area contributed by atoms with Crippen molar-refractivity contribution in [3.8, 4) is 5.75 Å². The number of hydrogen-bond donors (Lipinski definition) is 1. The number of hydrogen-bond acceptors (Lipinski definition) is 3. The van der Waals surface area contributed by atoms with Gasteiger partial charge in [0.2, 0.25) is 5.91 Å². The van der Waals surface area contributed by atoms with E-state index in [9.17, 15) is 9.90 Å². The molecule has 0 heterocycles. The smallest absolute Gasteiger partial charge is 0.227 e. The number of thioether (sulfide) groups is 1. The molecule has 21 heavy (non-hydrogen) atoms. The molecule has 2 rings (SSSR count). The van der Waals surface area contributed by atoms with Crippen molar-refractivity contribution in [3.63, 3.8) is 0 Å². The Balaban J connectivity index is 1.93. The zero-order valence-corrected chi connectivity index (χ0v) is 13.1. The van der Waals surface area contributed by atoms with Crippen molar-refractivity contribution in [1.82, 2.24) is 4.90 Å². The van der Waals surface area contributed by atoms with E-state index in [1.165, 1.54) is 4.90 Å². The normalized spacial score (nSPS) is 10.4. The number of likely N-dealkylation sites (N-methyl/N-ethyl adjacent to an activating group) is 1. The van der Waals surface area contributed by atoms with Gasteiger partial charge in [0.1, 0.15) is 5.75 Å². The summed E-state index contributed by atoms with van der Waals surface area (Å²) in [7, 11) is 1.81. The molecule has 0 aliphatic rings. The average molecular weight is 301 g/mol. The standard InChI is InChI=1S/C17H19NO2S/c1-18(12-14-5-9-16(21-2)10-6-14)17(20)11-13-3-7-15(19)8-4-13/h3-10,19H,11-12H2,1-2H3. The SMILES string of the molecule is CSc1ccc(CN(C)C(=O)Cc2ccc(O)cc2)cc1. The Morgan fingerprint density at radius 3 is 2.19 bits per heavy atom. The highest BCUT2D eigenvalue weighted by Crippen LogP contribution is 2.16. The Kier molecular flexibility index (Phi) is 5.28. The van der Waals surface area contributed by atoms with Gasteiger partial charge >= 0.3 is 0 Å². The van der Waals surface area contributed by atoms with E-state index in [2.05, 4.69) is 24.3 Å². The second-order valence-electron chi connectivity index (χ2n) is 4.94. The van der Waals surface area contributed by atoms with Gasteiger partial charge < -0.3 is 10.0 Å². The second-order valence-corrected chi connectivity index (χ2v) is 5.82. The van der Waals surface area contributed by atoms with Crippen LogP contribution in [0.1, 0.15) is 11.1 Å². The number of amides is 1. The van der Waals surface area contributed by atoms with Crippen LogP contribution in [0.2, 0.25) is 0 Å². The van der Waals surface area contributed by atoms with Crippen LogP contribution in [-0.2, 0) is 17.8 Å². The number of carbonyl (C=O) groups excluding carboxylic acids is 1. The molecule has 0 spiro atoms. The number of carbonyl (C=O) groups is 1. The van der Waals surface area contributed by atoms with Crippen molar-refractivity contribution in [1.29, 1.82) is 0 Å². The summed E-state index contributed by atoms with van der Waals surface area (Å²) in [5, 5.41) is 9.24. The molecule has 2 aromatic rings. The highest BCUT2D eigenvalue weighted by Gasteiger charge is 2.10. The minimum atomic E-state index is 0.0645. The Labute approximate surface area is 129 Å². The van der Waals surface area contributed by atoms with Gasteiger partial charge in [-0.25, -0.2) is 0 Å². The van der Waals surface area contributed by atoms with Crippen LogP contribution in [0.15, 0.2) is 53.4 Å². The van der Waals surface area contributed by atoms with Gasteiger partial charge in [-0.3, -0.25) is 4.79 Å². The van der Waals surface area contributed by atoms with Gasteiger partial charge in [0.15, 0.2) is 0 Å². The molecular formula is C17H19NO2S. The monoisotopic (exact) mass is 301 g/mol. The predicted molar refractivity (Wildman–Crippen MR) is 86.5 cm³/mol. The summed E-state index contributed by atoms with van der Waals surface area (Å²) in [6, 6.07) is 15.0. The first-order valence-corrected chi connectivity index (χ1v) is 7.96. The van der Waals surface area contributed by atoms with Crippen LogP contribution in [-0.4, -0.2) is 29.2 Å². The van der Waals surface area contributed by atoms with Crippen LogP contribution in [0, 0.1) is 0 Å². The maximum Gasteiger partial charge on any atom is 0.227 e. The molecule has 110 valence electrons. The summed E-state index contributed by atoms with van der Waals surface area (Å²) in [6.45, 7) is 0.603. The molecule has 3 nitrogen and oxygen atoms in total. The molecule has 2 aromatic carbocycles. The van der Waals surface area contributed by atoms with Gasteiger partial charge in [-0.1, -0.05) is 24.3 Å². The number of phenols is 1. The minimum absolute atomic E-state index is 0.0645. The molecule has 1 amide bonds. The molecule has 1 N–H and O–H groups in total. The maximum atomic E-state index is 12.2. The van der Waals surface area contributed by atoms with Crippen molar-refractivity contribution >= 4 is 17.7 Å². The number of nitrogens with zero attached hydrogens (tertiary/aromatic N) is 1. The van der Waals surface area contributed by atoms with Gasteiger partial charge in [0, 0.05) is 18.5 Å². The summed E-state index contributed by atoms with van der Waals surface area (Å²) in [5.74, 6) is 0.281. The van der Waals surface area contributed by atoms with Crippen LogP contribution >= 0.6 is 11.8 Å². The number of aromatic hydroxyl groups is 1. The molecular weight excluding hydrogens is 282 g/mol. The summed E-state index contributed by atoms with van der Waals surface area (Å²) in [6.07, 6.45) is 2.39. The lowest BCUT2D eigenvalue weighted by molar-refractivity contribution is -0.129. The highest BCUT2D eigenvalue weighted by atomic mass is 32.2. The van der Waals surface area contributed by atoms with E-state index in [1.807, 2.05) is 13.3 Å². The Hall–Kier alpha value is -1.94. The van der Waals surface area contributed by atoms with E-state index >= 15 is 0 Å². The molecule has 0 saturated heterocycles. The van der Waals surface area contributed by atoms with Crippen molar-refractivity contribution < 1.29 is 9.90 Å². The summed E-state index contributed by atoms with van der Waals surface area (Å²) >= 11 is 1.70. The van der Waals surface area contributed by atoms with E-state index in [0.29, 0.717) is 13.0 Å². The van der Waals surface area contributed by atoms with E-state index in [0.717, 1.165) is 11.1 Å². The molecule has 0 aromatic heterocycles. The molecule has 0 atom stereocenters. The minimum Gasteiger partial charge on any atom is -0.508 e. The largest absolute Gasteiger partial charge is 0.508 e. The summed E-state index contributed by atoms with van der Waals surface area (Å²) < 4.78 is 0. The highest BCUT2D eigenvalue weighted by molar-refractivity contribution is 7.98. The lowest BCUT2D eigenvalue weighted by Crippen LogP contribution is -2.27. The zero-order chi connectivity index (χ0) is 15.2. The second kappa shape index (κ2) is 7.18. The van der Waals surface area contributed by atoms with Crippen LogP contribution in [0.4, 0.5) is 0 Å². The van der Waals surface area contributed by atoms with E-state index in [4.69, 9.17) is 0 Å². The van der Waals surface area contributed by atoms with Crippen LogP contribution in [0.3, 0.4) is 0 Å². The van der Waals surface area contributed by atoms with Gasteiger partial charge in [-0.05, 0) is 41.6 Å². The summed E-state index contributed by atoms with van der Waals surface area (Å²) in [4.78, 5) is 15.1. The van der Waals surface area contributed by atoms with Crippen molar-refractivity contribution in [2.75, 3.05) is 13.3 Å². The first kappa shape index (κ1) is 15.4. The topological polar surface area (TPSA) is 40.5 Å². The lowest BCUT2D eigenvalue weighted by atomic mass is 10.1. The molecule has 0 fully saturated rings. The lowest BCUT2D eigenvalue weighted by Gasteiger charge is -2.17. The third kappa shape index (κ3) is 4.53. The maximum absolute atomic E-state index is 12.2. The van der Waals surface area contributed by atoms with E-state index in [-0.39, 0.29) is 11.7 Å².